The Bertz CT molecular complexity index is 291. The van der Waals surface area contributed by atoms with Crippen molar-refractivity contribution in [2.24, 2.45) is 0 Å². The molecule has 72 valence electrons. The molecule has 0 spiro atoms. The Balaban J connectivity index is 2.64. The number of Topliss-reactive ketones (excluding diaryl/α,β-unsaturated/α-hetero) is 1. The van der Waals surface area contributed by atoms with Gasteiger partial charge in [0.15, 0.2) is 5.78 Å². The van der Waals surface area contributed by atoms with Crippen molar-refractivity contribution in [3.63, 3.8) is 0 Å². The lowest BCUT2D eigenvalue weighted by Crippen LogP contribution is -2.13. The van der Waals surface area contributed by atoms with Gasteiger partial charge in [0.2, 0.25) is 0 Å². The van der Waals surface area contributed by atoms with Crippen LogP contribution in [0.5, 0.6) is 0 Å². The number of hydrogen-bond donors (Lipinski definition) is 0. The molecule has 0 saturated heterocycles. The van der Waals surface area contributed by atoms with Gasteiger partial charge in [0, 0.05) is 31.6 Å². The Kier molecular flexibility index (Phi) is 3.25. The van der Waals surface area contributed by atoms with E-state index in [1.165, 1.54) is 0 Å². The number of rotatable bonds is 4. The predicted octanol–water partition coefficient (Wildman–Crippen LogP) is 1.73. The largest absolute Gasteiger partial charge is 0.380 e. The molecule has 0 aliphatic carbocycles. The van der Waals surface area contributed by atoms with Gasteiger partial charge in [0.05, 0.1) is 6.10 Å². The van der Waals surface area contributed by atoms with E-state index < -0.39 is 0 Å². The standard InChI is InChI=1S/C10H15NO2/c1-8(13-3)6-11-5-4-10(7-11)9(2)12/h4-5,7-8H,6H2,1-3H3. The molecule has 3 nitrogen and oxygen atoms in total. The Morgan fingerprint density at radius 2 is 2.38 bits per heavy atom. The molecule has 0 amide bonds. The monoisotopic (exact) mass is 181 g/mol. The first kappa shape index (κ1) is 9.99. The minimum atomic E-state index is 0.101. The van der Waals surface area contributed by atoms with Crippen LogP contribution < -0.4 is 0 Å². The molecule has 1 heterocycles. The Labute approximate surface area is 78.3 Å². The zero-order valence-electron chi connectivity index (χ0n) is 8.28. The maximum atomic E-state index is 11.0. The van der Waals surface area contributed by atoms with Crippen molar-refractivity contribution in [1.29, 1.82) is 0 Å². The first-order valence-corrected chi connectivity index (χ1v) is 4.33. The summed E-state index contributed by atoms with van der Waals surface area (Å²) < 4.78 is 7.08. The van der Waals surface area contributed by atoms with E-state index in [0.717, 1.165) is 12.1 Å². The zero-order valence-corrected chi connectivity index (χ0v) is 8.28. The second kappa shape index (κ2) is 4.23. The highest BCUT2D eigenvalue weighted by Gasteiger charge is 2.04. The normalized spacial score (nSPS) is 12.8. The first-order chi connectivity index (χ1) is 6.13. The quantitative estimate of drug-likeness (QED) is 0.662. The van der Waals surface area contributed by atoms with E-state index >= 15 is 0 Å². The van der Waals surface area contributed by atoms with Crippen molar-refractivity contribution in [3.8, 4) is 0 Å². The maximum absolute atomic E-state index is 11.0. The molecule has 1 atom stereocenters. The minimum absolute atomic E-state index is 0.101. The third-order valence-corrected chi connectivity index (χ3v) is 2.03. The van der Waals surface area contributed by atoms with Crippen LogP contribution in [0.4, 0.5) is 0 Å². The molecule has 0 radical (unpaired) electrons. The maximum Gasteiger partial charge on any atom is 0.161 e. The van der Waals surface area contributed by atoms with Crippen molar-refractivity contribution in [2.75, 3.05) is 7.11 Å². The second-order valence-electron chi connectivity index (χ2n) is 3.20. The summed E-state index contributed by atoms with van der Waals surface area (Å²) >= 11 is 0. The lowest BCUT2D eigenvalue weighted by molar-refractivity contribution is 0.100. The summed E-state index contributed by atoms with van der Waals surface area (Å²) in [6.07, 6.45) is 3.91. The SMILES string of the molecule is COC(C)Cn1ccc(C(C)=O)c1. The van der Waals surface area contributed by atoms with Crippen molar-refractivity contribution in [1.82, 2.24) is 4.57 Å². The second-order valence-corrected chi connectivity index (χ2v) is 3.20. The third kappa shape index (κ3) is 2.70. The van der Waals surface area contributed by atoms with Crippen molar-refractivity contribution in [3.05, 3.63) is 24.0 Å². The third-order valence-electron chi connectivity index (χ3n) is 2.03. The highest BCUT2D eigenvalue weighted by molar-refractivity contribution is 5.93. The molecule has 1 unspecified atom stereocenters. The van der Waals surface area contributed by atoms with Gasteiger partial charge in [-0.3, -0.25) is 4.79 Å². The van der Waals surface area contributed by atoms with Gasteiger partial charge in [-0.05, 0) is 19.9 Å². The fraction of sp³-hybridized carbons (Fsp3) is 0.500. The number of ketones is 1. The number of nitrogens with zero attached hydrogens (tertiary/aromatic N) is 1. The van der Waals surface area contributed by atoms with Crippen LogP contribution in [0.3, 0.4) is 0 Å². The fourth-order valence-electron chi connectivity index (χ4n) is 1.13. The molecule has 1 aromatic heterocycles. The van der Waals surface area contributed by atoms with Crippen LogP contribution in [-0.4, -0.2) is 23.6 Å². The molecule has 0 fully saturated rings. The topological polar surface area (TPSA) is 31.2 Å². The average molecular weight is 181 g/mol. The lowest BCUT2D eigenvalue weighted by atomic mass is 10.2. The average Bonchev–Trinajstić information content (AvgIpc) is 2.52. The lowest BCUT2D eigenvalue weighted by Gasteiger charge is -2.09. The minimum Gasteiger partial charge on any atom is -0.380 e. The van der Waals surface area contributed by atoms with Crippen LogP contribution >= 0.6 is 0 Å². The summed E-state index contributed by atoms with van der Waals surface area (Å²) in [5.41, 5.74) is 0.753. The molecule has 1 rings (SSSR count). The summed E-state index contributed by atoms with van der Waals surface area (Å²) in [5, 5.41) is 0. The van der Waals surface area contributed by atoms with Crippen molar-refractivity contribution < 1.29 is 9.53 Å². The highest BCUT2D eigenvalue weighted by atomic mass is 16.5. The smallest absolute Gasteiger partial charge is 0.161 e. The van der Waals surface area contributed by atoms with Crippen molar-refractivity contribution in [2.45, 2.75) is 26.5 Å². The molecule has 3 heteroatoms. The van der Waals surface area contributed by atoms with Gasteiger partial charge in [0.25, 0.3) is 0 Å². The summed E-state index contributed by atoms with van der Waals surface area (Å²) in [7, 11) is 1.68. The molecule has 0 saturated carbocycles. The molecular weight excluding hydrogens is 166 g/mol. The number of hydrogen-bond acceptors (Lipinski definition) is 2. The van der Waals surface area contributed by atoms with Gasteiger partial charge in [-0.2, -0.15) is 0 Å². The predicted molar refractivity (Wildman–Crippen MR) is 50.9 cm³/mol. The molecule has 0 N–H and O–H groups in total. The Hall–Kier alpha value is -1.09. The summed E-state index contributed by atoms with van der Waals surface area (Å²) in [6, 6.07) is 1.82. The number of carbonyl (C=O) groups is 1. The van der Waals surface area contributed by atoms with E-state index in [9.17, 15) is 4.79 Å². The molecule has 1 aromatic rings. The van der Waals surface area contributed by atoms with Crippen LogP contribution in [0.2, 0.25) is 0 Å². The molecule has 13 heavy (non-hydrogen) atoms. The summed E-state index contributed by atoms with van der Waals surface area (Å²) in [6.45, 7) is 4.34. The van der Waals surface area contributed by atoms with E-state index in [-0.39, 0.29) is 11.9 Å². The number of aromatic nitrogens is 1. The summed E-state index contributed by atoms with van der Waals surface area (Å²) in [4.78, 5) is 11.0. The van der Waals surface area contributed by atoms with Gasteiger partial charge in [0.1, 0.15) is 0 Å². The number of methoxy groups -OCH3 is 1. The van der Waals surface area contributed by atoms with Crippen LogP contribution in [0.1, 0.15) is 24.2 Å². The molecular formula is C10H15NO2. The molecule has 0 aliphatic heterocycles. The molecule has 0 aromatic carbocycles. The van der Waals surface area contributed by atoms with Gasteiger partial charge in [-0.15, -0.1) is 0 Å². The van der Waals surface area contributed by atoms with Crippen LogP contribution in [-0.2, 0) is 11.3 Å². The van der Waals surface area contributed by atoms with Gasteiger partial charge in [-0.25, -0.2) is 0 Å². The highest BCUT2D eigenvalue weighted by Crippen LogP contribution is 2.04. The van der Waals surface area contributed by atoms with Gasteiger partial charge >= 0.3 is 0 Å². The van der Waals surface area contributed by atoms with E-state index in [0.29, 0.717) is 0 Å². The van der Waals surface area contributed by atoms with Crippen LogP contribution in [0.25, 0.3) is 0 Å². The molecule has 0 bridgehead atoms. The Morgan fingerprint density at radius 1 is 1.69 bits per heavy atom. The van der Waals surface area contributed by atoms with Crippen LogP contribution in [0.15, 0.2) is 18.5 Å². The van der Waals surface area contributed by atoms with Crippen LogP contribution in [0, 0.1) is 0 Å². The van der Waals surface area contributed by atoms with Crippen molar-refractivity contribution >= 4 is 5.78 Å². The van der Waals surface area contributed by atoms with E-state index in [2.05, 4.69) is 0 Å². The number of ether oxygens (including phenoxy) is 1. The van der Waals surface area contributed by atoms with E-state index in [1.54, 1.807) is 14.0 Å². The Morgan fingerprint density at radius 3 is 2.85 bits per heavy atom. The fourth-order valence-corrected chi connectivity index (χ4v) is 1.13. The number of carbonyl (C=O) groups excluding carboxylic acids is 1. The first-order valence-electron chi connectivity index (χ1n) is 4.33. The van der Waals surface area contributed by atoms with Gasteiger partial charge in [-0.1, -0.05) is 0 Å². The summed E-state index contributed by atoms with van der Waals surface area (Å²) in [5.74, 6) is 0.101. The van der Waals surface area contributed by atoms with E-state index in [4.69, 9.17) is 4.74 Å². The zero-order chi connectivity index (χ0) is 9.84. The molecule has 0 aliphatic rings. The van der Waals surface area contributed by atoms with Gasteiger partial charge < -0.3 is 9.30 Å². The van der Waals surface area contributed by atoms with E-state index in [1.807, 2.05) is 30.0 Å².